The van der Waals surface area contributed by atoms with Crippen molar-refractivity contribution in [1.29, 1.82) is 0 Å². The summed E-state index contributed by atoms with van der Waals surface area (Å²) in [5.41, 5.74) is 7.91. The minimum atomic E-state index is -0.433. The predicted octanol–water partition coefficient (Wildman–Crippen LogP) is 12.0. The van der Waals surface area contributed by atoms with Gasteiger partial charge in [0, 0.05) is 77.8 Å². The van der Waals surface area contributed by atoms with Crippen molar-refractivity contribution in [3.8, 4) is 45.0 Å². The number of aromatic nitrogens is 4. The third-order valence-corrected chi connectivity index (χ3v) is 12.7. The Kier molecular flexibility index (Phi) is 20.4. The molecule has 2 fully saturated rings. The standard InChI is InChI=1S/2C31H26N2O4.2Ir/c2*1-21-16-26(36-30(34)24-12-14-28(32-19-24)22-8-4-2-5-9-22)18-27(17-21)37-31(35)25-13-15-29(33-20-25)23-10-6-3-7-11-23;;/h2*2-8,10,12-15,19-21,26-27H,16-18H2,1H3;;/q2*-2;;. The number of rotatable bonds is 12. The van der Waals surface area contributed by atoms with E-state index in [-0.39, 0.29) is 76.5 Å². The van der Waals surface area contributed by atoms with Crippen LogP contribution in [0.4, 0.5) is 0 Å². The second-order valence-electron chi connectivity index (χ2n) is 18.6. The number of esters is 4. The van der Waals surface area contributed by atoms with Gasteiger partial charge in [0.2, 0.25) is 0 Å². The number of carbonyl (C=O) groups is 4. The molecular weight excluding hydrogens is 1310 g/mol. The molecule has 10 rings (SSSR count). The average molecular weight is 1370 g/mol. The SMILES string of the molecule is CC1CC(OC(=O)c2ccc(-c3[c-]cccc3)nc2)CC(OC(=O)c2ccc(-c3[c-]cccc3)nc2)C1.CC1CC(OC(=O)c2ccc(-c3[c-]cccc3)nc2)CC(OC(=O)c2ccc(-c3[c-]cccc3)nc2)C1.[Ir].[Ir]. The molecule has 2 aliphatic rings. The molecule has 390 valence electrons. The minimum absolute atomic E-state index is 0. The molecule has 4 heterocycles. The summed E-state index contributed by atoms with van der Waals surface area (Å²) >= 11 is 0. The van der Waals surface area contributed by atoms with Crippen LogP contribution in [-0.4, -0.2) is 68.2 Å². The third kappa shape index (κ3) is 15.4. The second kappa shape index (κ2) is 27.4. The zero-order valence-electron chi connectivity index (χ0n) is 41.6. The maximum absolute atomic E-state index is 12.8. The molecule has 14 heteroatoms. The zero-order chi connectivity index (χ0) is 51.2. The fourth-order valence-corrected chi connectivity index (χ4v) is 9.13. The van der Waals surface area contributed by atoms with Crippen molar-refractivity contribution in [3.05, 3.63) is 217 Å². The van der Waals surface area contributed by atoms with Crippen LogP contribution in [0.25, 0.3) is 45.0 Å². The summed E-state index contributed by atoms with van der Waals surface area (Å²) in [6.45, 7) is 4.14. The molecule has 0 amide bonds. The Bertz CT molecular complexity index is 2700. The van der Waals surface area contributed by atoms with Crippen LogP contribution in [0.3, 0.4) is 0 Å². The van der Waals surface area contributed by atoms with Crippen molar-refractivity contribution in [3.63, 3.8) is 0 Å². The van der Waals surface area contributed by atoms with Gasteiger partial charge in [-0.05, 0) is 60.3 Å². The first kappa shape index (κ1) is 56.4. The number of hydrogen-bond acceptors (Lipinski definition) is 12. The molecule has 0 spiro atoms. The molecule has 0 aliphatic heterocycles. The minimum Gasteiger partial charge on any atom is -0.459 e. The maximum atomic E-state index is 12.8. The predicted molar refractivity (Wildman–Crippen MR) is 277 cm³/mol. The molecule has 4 aromatic heterocycles. The fraction of sp³-hybridized carbons (Fsp3) is 0.226. The number of hydrogen-bond donors (Lipinski definition) is 0. The van der Waals surface area contributed by atoms with Crippen LogP contribution in [0.1, 0.15) is 93.8 Å². The van der Waals surface area contributed by atoms with Gasteiger partial charge in [0.1, 0.15) is 24.4 Å². The first-order valence-corrected chi connectivity index (χ1v) is 24.7. The quantitative estimate of drug-likeness (QED) is 0.0649. The zero-order valence-corrected chi connectivity index (χ0v) is 46.4. The summed E-state index contributed by atoms with van der Waals surface area (Å²) in [4.78, 5) is 68.6. The van der Waals surface area contributed by atoms with Gasteiger partial charge >= 0.3 is 23.9 Å². The van der Waals surface area contributed by atoms with Gasteiger partial charge in [-0.25, -0.2) is 19.2 Å². The molecule has 12 nitrogen and oxygen atoms in total. The summed E-state index contributed by atoms with van der Waals surface area (Å²) in [5.74, 6) is -1.24. The van der Waals surface area contributed by atoms with Crippen LogP contribution in [0, 0.1) is 36.1 Å². The number of nitrogens with zero attached hydrogens (tertiary/aromatic N) is 4. The third-order valence-electron chi connectivity index (χ3n) is 12.7. The largest absolute Gasteiger partial charge is 0.459 e. The topological polar surface area (TPSA) is 157 Å². The molecule has 0 bridgehead atoms. The van der Waals surface area contributed by atoms with Crippen LogP contribution >= 0.6 is 0 Å². The van der Waals surface area contributed by atoms with E-state index >= 15 is 0 Å². The average Bonchev–Trinajstić information content (AvgIpc) is 3.44. The van der Waals surface area contributed by atoms with Gasteiger partial charge in [-0.15, -0.1) is 144 Å². The van der Waals surface area contributed by atoms with Gasteiger partial charge in [-0.3, -0.25) is 0 Å². The molecule has 0 N–H and O–H groups in total. The number of pyridine rings is 4. The van der Waals surface area contributed by atoms with E-state index in [0.717, 1.165) is 45.0 Å². The van der Waals surface area contributed by atoms with Crippen LogP contribution in [-0.2, 0) is 59.2 Å². The summed E-state index contributed by atoms with van der Waals surface area (Å²) in [6.07, 6.45) is 8.49. The first-order chi connectivity index (χ1) is 36.1. The van der Waals surface area contributed by atoms with Crippen LogP contribution in [0.5, 0.6) is 0 Å². The Morgan fingerprint density at radius 3 is 0.776 bits per heavy atom. The molecule has 2 radical (unpaired) electrons. The summed E-state index contributed by atoms with van der Waals surface area (Å²) in [7, 11) is 0. The van der Waals surface area contributed by atoms with Crippen molar-refractivity contribution in [2.45, 2.75) is 76.8 Å². The Balaban J connectivity index is 0.000000216. The van der Waals surface area contributed by atoms with Crippen LogP contribution < -0.4 is 0 Å². The molecular formula is C62H52Ir2N4O8-4. The molecule has 4 atom stereocenters. The van der Waals surface area contributed by atoms with E-state index in [2.05, 4.69) is 58.0 Å². The Hall–Kier alpha value is -7.34. The van der Waals surface area contributed by atoms with Gasteiger partial charge in [0.05, 0.1) is 22.3 Å². The smallest absolute Gasteiger partial charge is 0.339 e. The fourth-order valence-electron chi connectivity index (χ4n) is 9.13. The van der Waals surface area contributed by atoms with E-state index in [1.807, 2.05) is 97.1 Å². The second-order valence-corrected chi connectivity index (χ2v) is 18.6. The molecule has 0 saturated heterocycles. The molecule has 4 aromatic carbocycles. The number of ether oxygens (including phenoxy) is 4. The van der Waals surface area contributed by atoms with E-state index in [1.54, 1.807) is 48.5 Å². The van der Waals surface area contributed by atoms with Crippen LogP contribution in [0.2, 0.25) is 0 Å². The Labute approximate surface area is 469 Å². The van der Waals surface area contributed by atoms with Gasteiger partial charge < -0.3 is 38.9 Å². The van der Waals surface area contributed by atoms with Crippen molar-refractivity contribution >= 4 is 23.9 Å². The van der Waals surface area contributed by atoms with Gasteiger partial charge in [-0.1, -0.05) is 62.4 Å². The molecule has 2 aliphatic carbocycles. The molecule has 4 unspecified atom stereocenters. The van der Waals surface area contributed by atoms with Gasteiger partial charge in [0.25, 0.3) is 0 Å². The number of benzene rings is 4. The molecule has 8 aromatic rings. The van der Waals surface area contributed by atoms with E-state index in [0.29, 0.717) is 60.8 Å². The maximum Gasteiger partial charge on any atom is 0.339 e. The Morgan fingerprint density at radius 2 is 0.592 bits per heavy atom. The van der Waals surface area contributed by atoms with Crippen molar-refractivity contribution in [2.24, 2.45) is 11.8 Å². The monoisotopic (exact) mass is 1370 g/mol. The van der Waals surface area contributed by atoms with Gasteiger partial charge in [0.15, 0.2) is 0 Å². The van der Waals surface area contributed by atoms with Gasteiger partial charge in [-0.2, -0.15) is 0 Å². The summed E-state index contributed by atoms with van der Waals surface area (Å²) in [5, 5.41) is 0. The summed E-state index contributed by atoms with van der Waals surface area (Å²) < 4.78 is 23.1. The molecule has 2 saturated carbocycles. The van der Waals surface area contributed by atoms with E-state index in [9.17, 15) is 19.2 Å². The van der Waals surface area contributed by atoms with E-state index in [1.165, 1.54) is 24.8 Å². The van der Waals surface area contributed by atoms with E-state index in [4.69, 9.17) is 18.9 Å². The van der Waals surface area contributed by atoms with Crippen molar-refractivity contribution in [2.75, 3.05) is 0 Å². The first-order valence-electron chi connectivity index (χ1n) is 24.7. The summed E-state index contributed by atoms with van der Waals surface area (Å²) in [6, 6.07) is 56.6. The van der Waals surface area contributed by atoms with Crippen molar-refractivity contribution in [1.82, 2.24) is 19.9 Å². The van der Waals surface area contributed by atoms with E-state index < -0.39 is 23.9 Å². The number of carbonyl (C=O) groups excluding carboxylic acids is 4. The van der Waals surface area contributed by atoms with Crippen LogP contribution in [0.15, 0.2) is 170 Å². The molecule has 76 heavy (non-hydrogen) atoms. The van der Waals surface area contributed by atoms with Crippen molar-refractivity contribution < 1.29 is 78.3 Å². The normalized spacial score (nSPS) is 18.6. The Morgan fingerprint density at radius 1 is 0.355 bits per heavy atom.